The van der Waals surface area contributed by atoms with Gasteiger partial charge in [0.05, 0.1) is 6.54 Å². The van der Waals surface area contributed by atoms with Crippen molar-refractivity contribution in [3.05, 3.63) is 23.2 Å². The SMILES string of the molecule is Cc1oc(CN2CCN3CCCC3C2)cc1CNC(C)C. The molecule has 0 saturated carbocycles. The van der Waals surface area contributed by atoms with Gasteiger partial charge >= 0.3 is 0 Å². The molecule has 3 rings (SSSR count). The van der Waals surface area contributed by atoms with Crippen molar-refractivity contribution < 1.29 is 4.42 Å². The van der Waals surface area contributed by atoms with Crippen molar-refractivity contribution in [2.24, 2.45) is 0 Å². The number of hydrogen-bond donors (Lipinski definition) is 1. The largest absolute Gasteiger partial charge is 0.465 e. The summed E-state index contributed by atoms with van der Waals surface area (Å²) in [4.78, 5) is 5.21. The van der Waals surface area contributed by atoms with Crippen LogP contribution in [0, 0.1) is 6.92 Å². The van der Waals surface area contributed by atoms with Crippen molar-refractivity contribution in [1.29, 1.82) is 0 Å². The summed E-state index contributed by atoms with van der Waals surface area (Å²) in [5.41, 5.74) is 1.30. The fourth-order valence-electron chi connectivity index (χ4n) is 3.57. The third kappa shape index (κ3) is 3.68. The second kappa shape index (κ2) is 6.51. The second-order valence-electron chi connectivity index (χ2n) is 6.90. The van der Waals surface area contributed by atoms with Gasteiger partial charge in [-0.25, -0.2) is 0 Å². The van der Waals surface area contributed by atoms with Crippen molar-refractivity contribution in [1.82, 2.24) is 15.1 Å². The van der Waals surface area contributed by atoms with Gasteiger partial charge in [0.1, 0.15) is 11.5 Å². The molecule has 1 N–H and O–H groups in total. The molecule has 0 aliphatic carbocycles. The van der Waals surface area contributed by atoms with E-state index in [2.05, 4.69) is 42.0 Å². The number of nitrogens with one attached hydrogen (secondary N) is 1. The Morgan fingerprint density at radius 2 is 2.19 bits per heavy atom. The van der Waals surface area contributed by atoms with Gasteiger partial charge in [-0.15, -0.1) is 0 Å². The van der Waals surface area contributed by atoms with E-state index in [1.54, 1.807) is 0 Å². The van der Waals surface area contributed by atoms with Gasteiger partial charge in [0.15, 0.2) is 0 Å². The third-order valence-corrected chi connectivity index (χ3v) is 4.82. The molecule has 2 aliphatic heterocycles. The smallest absolute Gasteiger partial charge is 0.118 e. The number of furan rings is 1. The molecule has 3 heterocycles. The highest BCUT2D eigenvalue weighted by atomic mass is 16.3. The first-order valence-electron chi connectivity index (χ1n) is 8.40. The van der Waals surface area contributed by atoms with Crippen LogP contribution in [0.5, 0.6) is 0 Å². The van der Waals surface area contributed by atoms with E-state index < -0.39 is 0 Å². The quantitative estimate of drug-likeness (QED) is 0.902. The molecule has 0 bridgehead atoms. The van der Waals surface area contributed by atoms with Crippen LogP contribution in [0.4, 0.5) is 0 Å². The molecule has 0 radical (unpaired) electrons. The number of hydrogen-bond acceptors (Lipinski definition) is 4. The van der Waals surface area contributed by atoms with Gasteiger partial charge in [-0.3, -0.25) is 9.80 Å². The molecule has 118 valence electrons. The van der Waals surface area contributed by atoms with Crippen LogP contribution in [0.2, 0.25) is 0 Å². The summed E-state index contributed by atoms with van der Waals surface area (Å²) >= 11 is 0. The van der Waals surface area contributed by atoms with Crippen molar-refractivity contribution in [2.45, 2.75) is 58.8 Å². The predicted molar refractivity (Wildman–Crippen MR) is 85.3 cm³/mol. The molecule has 4 heteroatoms. The van der Waals surface area contributed by atoms with Crippen LogP contribution in [-0.2, 0) is 13.1 Å². The van der Waals surface area contributed by atoms with Crippen molar-refractivity contribution >= 4 is 0 Å². The molecule has 2 fully saturated rings. The maximum absolute atomic E-state index is 5.97. The lowest BCUT2D eigenvalue weighted by Gasteiger charge is -2.37. The summed E-state index contributed by atoms with van der Waals surface area (Å²) in [7, 11) is 0. The van der Waals surface area contributed by atoms with Crippen LogP contribution in [0.25, 0.3) is 0 Å². The van der Waals surface area contributed by atoms with Gasteiger partial charge in [-0.1, -0.05) is 13.8 Å². The second-order valence-corrected chi connectivity index (χ2v) is 6.90. The molecule has 1 atom stereocenters. The summed E-state index contributed by atoms with van der Waals surface area (Å²) in [5.74, 6) is 2.19. The minimum Gasteiger partial charge on any atom is -0.465 e. The van der Waals surface area contributed by atoms with Crippen LogP contribution < -0.4 is 5.32 Å². The lowest BCUT2D eigenvalue weighted by Crippen LogP contribution is -2.49. The van der Waals surface area contributed by atoms with E-state index >= 15 is 0 Å². The maximum Gasteiger partial charge on any atom is 0.118 e. The summed E-state index contributed by atoms with van der Waals surface area (Å²) in [6.45, 7) is 13.2. The van der Waals surface area contributed by atoms with Crippen LogP contribution in [-0.4, -0.2) is 48.1 Å². The Kier molecular flexibility index (Phi) is 4.67. The van der Waals surface area contributed by atoms with E-state index in [0.29, 0.717) is 6.04 Å². The molecule has 2 saturated heterocycles. The van der Waals surface area contributed by atoms with E-state index in [1.807, 2.05) is 0 Å². The van der Waals surface area contributed by atoms with E-state index in [9.17, 15) is 0 Å². The summed E-state index contributed by atoms with van der Waals surface area (Å²) < 4.78 is 5.97. The summed E-state index contributed by atoms with van der Waals surface area (Å²) in [5, 5.41) is 3.47. The Morgan fingerprint density at radius 3 is 3.00 bits per heavy atom. The van der Waals surface area contributed by atoms with Gasteiger partial charge in [0.2, 0.25) is 0 Å². The Morgan fingerprint density at radius 1 is 1.33 bits per heavy atom. The Bertz CT molecular complexity index is 469. The van der Waals surface area contributed by atoms with Crippen LogP contribution in [0.15, 0.2) is 10.5 Å². The molecule has 0 spiro atoms. The van der Waals surface area contributed by atoms with Gasteiger partial charge < -0.3 is 9.73 Å². The molecular formula is C17H29N3O. The Balaban J connectivity index is 1.56. The number of fused-ring (bicyclic) bond motifs is 1. The highest BCUT2D eigenvalue weighted by molar-refractivity contribution is 5.20. The van der Waals surface area contributed by atoms with E-state index in [1.165, 1.54) is 44.6 Å². The molecule has 2 aliphatic rings. The molecule has 0 aromatic carbocycles. The van der Waals surface area contributed by atoms with Gasteiger partial charge in [0, 0.05) is 43.8 Å². The van der Waals surface area contributed by atoms with Crippen LogP contribution in [0.1, 0.15) is 43.8 Å². The average Bonchev–Trinajstić information content (AvgIpc) is 3.02. The Labute approximate surface area is 128 Å². The molecule has 0 amide bonds. The minimum atomic E-state index is 0.512. The summed E-state index contributed by atoms with van der Waals surface area (Å²) in [6, 6.07) is 3.54. The fourth-order valence-corrected chi connectivity index (χ4v) is 3.57. The van der Waals surface area contributed by atoms with Crippen LogP contribution >= 0.6 is 0 Å². The Hall–Kier alpha value is -0.840. The van der Waals surface area contributed by atoms with E-state index in [0.717, 1.165) is 30.7 Å². The zero-order valence-electron chi connectivity index (χ0n) is 13.7. The summed E-state index contributed by atoms with van der Waals surface area (Å²) in [6.07, 6.45) is 2.75. The minimum absolute atomic E-state index is 0.512. The zero-order chi connectivity index (χ0) is 14.8. The molecular weight excluding hydrogens is 262 g/mol. The van der Waals surface area contributed by atoms with E-state index in [4.69, 9.17) is 4.42 Å². The van der Waals surface area contributed by atoms with Gasteiger partial charge in [-0.2, -0.15) is 0 Å². The molecule has 21 heavy (non-hydrogen) atoms. The third-order valence-electron chi connectivity index (χ3n) is 4.82. The van der Waals surface area contributed by atoms with Crippen molar-refractivity contribution in [2.75, 3.05) is 26.2 Å². The number of rotatable bonds is 5. The highest BCUT2D eigenvalue weighted by Crippen LogP contribution is 2.23. The fraction of sp³-hybridized carbons (Fsp3) is 0.765. The monoisotopic (exact) mass is 291 g/mol. The number of piperazine rings is 1. The average molecular weight is 291 g/mol. The normalized spacial score (nSPS) is 23.9. The zero-order valence-corrected chi connectivity index (χ0v) is 13.7. The first kappa shape index (κ1) is 15.1. The van der Waals surface area contributed by atoms with E-state index in [-0.39, 0.29) is 0 Å². The number of aryl methyl sites for hydroxylation is 1. The lowest BCUT2D eigenvalue weighted by atomic mass is 10.1. The predicted octanol–water partition coefficient (Wildman–Crippen LogP) is 2.37. The van der Waals surface area contributed by atoms with Crippen molar-refractivity contribution in [3.63, 3.8) is 0 Å². The topological polar surface area (TPSA) is 31.7 Å². The van der Waals surface area contributed by atoms with Gasteiger partial charge in [0.25, 0.3) is 0 Å². The first-order chi connectivity index (χ1) is 10.1. The van der Waals surface area contributed by atoms with Crippen LogP contribution in [0.3, 0.4) is 0 Å². The van der Waals surface area contributed by atoms with Gasteiger partial charge in [-0.05, 0) is 32.4 Å². The lowest BCUT2D eigenvalue weighted by molar-refractivity contribution is 0.0939. The first-order valence-corrected chi connectivity index (χ1v) is 8.40. The standard InChI is InChI=1S/C17H29N3O/c1-13(2)18-10-15-9-17(21-14(15)3)12-19-7-8-20-6-4-5-16(20)11-19/h9,13,16,18H,4-8,10-12H2,1-3H3. The molecule has 1 aromatic heterocycles. The highest BCUT2D eigenvalue weighted by Gasteiger charge is 2.30. The maximum atomic E-state index is 5.97. The number of nitrogens with zero attached hydrogens (tertiary/aromatic N) is 2. The molecule has 4 nitrogen and oxygen atoms in total. The van der Waals surface area contributed by atoms with Crippen molar-refractivity contribution in [3.8, 4) is 0 Å². The molecule has 1 unspecified atom stereocenters. The molecule has 1 aromatic rings.